The van der Waals surface area contributed by atoms with E-state index < -0.39 is 0 Å². The van der Waals surface area contributed by atoms with Gasteiger partial charge >= 0.3 is 0 Å². The quantitative estimate of drug-likeness (QED) is 0.336. The van der Waals surface area contributed by atoms with E-state index >= 15 is 0 Å². The average Bonchev–Trinajstić information content (AvgIpc) is 3.23. The van der Waals surface area contributed by atoms with Crippen molar-refractivity contribution in [2.75, 3.05) is 17.3 Å². The van der Waals surface area contributed by atoms with Crippen LogP contribution in [0.3, 0.4) is 0 Å². The zero-order valence-corrected chi connectivity index (χ0v) is 19.0. The highest BCUT2D eigenvalue weighted by Gasteiger charge is 2.17. The van der Waals surface area contributed by atoms with Gasteiger partial charge in [0.25, 0.3) is 0 Å². The summed E-state index contributed by atoms with van der Waals surface area (Å²) in [7, 11) is 0. The van der Waals surface area contributed by atoms with E-state index in [4.69, 9.17) is 11.6 Å². The van der Waals surface area contributed by atoms with Gasteiger partial charge in [-0.25, -0.2) is 0 Å². The second kappa shape index (κ2) is 10.0. The van der Waals surface area contributed by atoms with Gasteiger partial charge in [0.2, 0.25) is 5.91 Å². The Kier molecular flexibility index (Phi) is 6.96. The summed E-state index contributed by atoms with van der Waals surface area (Å²) in [4.78, 5) is 13.6. The molecule has 31 heavy (non-hydrogen) atoms. The number of carbonyl (C=O) groups excluding carboxylic acids is 1. The molecule has 1 heterocycles. The van der Waals surface area contributed by atoms with Crippen molar-refractivity contribution in [3.05, 3.63) is 83.9 Å². The second-order valence-corrected chi connectivity index (χ2v) is 8.81. The van der Waals surface area contributed by atoms with Crippen molar-refractivity contribution in [3.8, 4) is 17.1 Å². The van der Waals surface area contributed by atoms with Crippen LogP contribution in [0.5, 0.6) is 0 Å². The number of aromatic nitrogens is 3. The second-order valence-electron chi connectivity index (χ2n) is 6.55. The van der Waals surface area contributed by atoms with Crippen molar-refractivity contribution in [2.45, 2.75) is 10.1 Å². The molecule has 4 rings (SSSR count). The number of thioether (sulfide) groups is 2. The molecule has 0 aliphatic rings. The maximum absolute atomic E-state index is 12.5. The number of para-hydroxylation sites is 1. The van der Waals surface area contributed by atoms with E-state index in [1.807, 2.05) is 89.7 Å². The molecule has 0 radical (unpaired) electrons. The number of benzene rings is 3. The number of amides is 1. The summed E-state index contributed by atoms with van der Waals surface area (Å²) in [6.45, 7) is 0. The van der Waals surface area contributed by atoms with E-state index in [1.165, 1.54) is 11.8 Å². The molecule has 8 heteroatoms. The first kappa shape index (κ1) is 21.5. The molecule has 0 atom stereocenters. The molecule has 0 unspecified atom stereocenters. The van der Waals surface area contributed by atoms with Crippen molar-refractivity contribution >= 4 is 46.7 Å². The molecule has 1 N–H and O–H groups in total. The molecule has 0 aliphatic heterocycles. The highest BCUT2D eigenvalue weighted by Crippen LogP contribution is 2.29. The van der Waals surface area contributed by atoms with Crippen LogP contribution in [0, 0.1) is 0 Å². The lowest BCUT2D eigenvalue weighted by atomic mass is 10.2. The Balaban J connectivity index is 1.56. The van der Waals surface area contributed by atoms with Crippen LogP contribution in [0.2, 0.25) is 5.02 Å². The highest BCUT2D eigenvalue weighted by molar-refractivity contribution is 7.99. The van der Waals surface area contributed by atoms with Crippen LogP contribution in [-0.2, 0) is 4.79 Å². The van der Waals surface area contributed by atoms with E-state index in [0.29, 0.717) is 16.0 Å². The largest absolute Gasteiger partial charge is 0.325 e. The smallest absolute Gasteiger partial charge is 0.234 e. The molecule has 156 valence electrons. The van der Waals surface area contributed by atoms with Crippen molar-refractivity contribution in [1.29, 1.82) is 0 Å². The van der Waals surface area contributed by atoms with Crippen LogP contribution in [0.4, 0.5) is 5.69 Å². The van der Waals surface area contributed by atoms with Gasteiger partial charge in [-0.3, -0.25) is 9.36 Å². The van der Waals surface area contributed by atoms with Crippen molar-refractivity contribution in [1.82, 2.24) is 14.8 Å². The lowest BCUT2D eigenvalue weighted by Gasteiger charge is -2.11. The SMILES string of the molecule is CSc1cccc(NC(=O)CSc2nnc(-c3ccc(Cl)cc3)n2-c2ccccc2)c1. The van der Waals surface area contributed by atoms with Gasteiger partial charge < -0.3 is 5.32 Å². The van der Waals surface area contributed by atoms with E-state index in [2.05, 4.69) is 15.5 Å². The third-order valence-corrected chi connectivity index (χ3v) is 6.34. The summed E-state index contributed by atoms with van der Waals surface area (Å²) in [6.07, 6.45) is 2.01. The van der Waals surface area contributed by atoms with Gasteiger partial charge in [-0.1, -0.05) is 47.6 Å². The Labute approximate surface area is 194 Å². The van der Waals surface area contributed by atoms with Gasteiger partial charge in [0, 0.05) is 26.9 Å². The molecule has 1 aromatic heterocycles. The number of nitrogens with one attached hydrogen (secondary N) is 1. The van der Waals surface area contributed by atoms with Crippen LogP contribution >= 0.6 is 35.1 Å². The summed E-state index contributed by atoms with van der Waals surface area (Å²) in [5.74, 6) is 0.812. The molecule has 0 saturated heterocycles. The number of rotatable bonds is 7. The van der Waals surface area contributed by atoms with Crippen LogP contribution in [0.1, 0.15) is 0 Å². The summed E-state index contributed by atoms with van der Waals surface area (Å²) < 4.78 is 1.95. The number of hydrogen-bond donors (Lipinski definition) is 1. The first-order valence-electron chi connectivity index (χ1n) is 9.47. The molecule has 1 amide bonds. The van der Waals surface area contributed by atoms with Gasteiger partial charge in [0.1, 0.15) is 0 Å². The Morgan fingerprint density at radius 2 is 1.77 bits per heavy atom. The Bertz CT molecular complexity index is 1180. The van der Waals surface area contributed by atoms with Crippen LogP contribution in [-0.4, -0.2) is 32.7 Å². The van der Waals surface area contributed by atoms with E-state index in [1.54, 1.807) is 11.8 Å². The normalized spacial score (nSPS) is 10.8. The molecule has 0 aliphatic carbocycles. The lowest BCUT2D eigenvalue weighted by molar-refractivity contribution is -0.113. The average molecular weight is 467 g/mol. The standard InChI is InChI=1S/C23H19ClN4OS2/c1-30-20-9-5-6-18(14-20)25-21(29)15-31-23-27-26-22(16-10-12-17(24)13-11-16)28(23)19-7-3-2-4-8-19/h2-14H,15H2,1H3,(H,25,29). The van der Waals surface area contributed by atoms with Gasteiger partial charge in [0.05, 0.1) is 5.75 Å². The summed E-state index contributed by atoms with van der Waals surface area (Å²) in [5.41, 5.74) is 2.60. The lowest BCUT2D eigenvalue weighted by Crippen LogP contribution is -2.14. The Morgan fingerprint density at radius 3 is 2.52 bits per heavy atom. The summed E-state index contributed by atoms with van der Waals surface area (Å²) in [5, 5.41) is 13.0. The summed E-state index contributed by atoms with van der Waals surface area (Å²) >= 11 is 9.02. The molecular formula is C23H19ClN4OS2. The first-order chi connectivity index (χ1) is 15.1. The minimum absolute atomic E-state index is 0.0982. The van der Waals surface area contributed by atoms with Crippen molar-refractivity contribution < 1.29 is 4.79 Å². The molecule has 0 fully saturated rings. The molecule has 0 bridgehead atoms. The molecule has 5 nitrogen and oxygen atoms in total. The zero-order valence-electron chi connectivity index (χ0n) is 16.7. The maximum atomic E-state index is 12.5. The molecule has 3 aromatic carbocycles. The molecular weight excluding hydrogens is 448 g/mol. The number of hydrogen-bond acceptors (Lipinski definition) is 5. The third-order valence-electron chi connectivity index (χ3n) is 4.44. The van der Waals surface area contributed by atoms with Gasteiger partial charge in [-0.15, -0.1) is 22.0 Å². The first-order valence-corrected chi connectivity index (χ1v) is 12.1. The van der Waals surface area contributed by atoms with Gasteiger partial charge in [-0.05, 0) is 60.9 Å². The van der Waals surface area contributed by atoms with Crippen LogP contribution in [0.25, 0.3) is 17.1 Å². The number of halogens is 1. The monoisotopic (exact) mass is 466 g/mol. The predicted octanol–water partition coefficient (Wildman–Crippen LogP) is 6.04. The zero-order chi connectivity index (χ0) is 21.6. The van der Waals surface area contributed by atoms with Gasteiger partial charge in [0.15, 0.2) is 11.0 Å². The molecule has 4 aromatic rings. The minimum Gasteiger partial charge on any atom is -0.325 e. The summed E-state index contributed by atoms with van der Waals surface area (Å²) in [6, 6.07) is 25.1. The third kappa shape index (κ3) is 5.31. The van der Waals surface area contributed by atoms with Crippen molar-refractivity contribution in [2.24, 2.45) is 0 Å². The Hall–Kier alpha value is -2.74. The fourth-order valence-electron chi connectivity index (χ4n) is 2.99. The van der Waals surface area contributed by atoms with Gasteiger partial charge in [-0.2, -0.15) is 0 Å². The molecule has 0 saturated carbocycles. The van der Waals surface area contributed by atoms with E-state index in [0.717, 1.165) is 21.8 Å². The van der Waals surface area contributed by atoms with Crippen LogP contribution in [0.15, 0.2) is 88.9 Å². The van der Waals surface area contributed by atoms with Crippen LogP contribution < -0.4 is 5.32 Å². The number of carbonyl (C=O) groups is 1. The van der Waals surface area contributed by atoms with E-state index in [-0.39, 0.29) is 11.7 Å². The van der Waals surface area contributed by atoms with Crippen molar-refractivity contribution in [3.63, 3.8) is 0 Å². The Morgan fingerprint density at radius 1 is 1.00 bits per heavy atom. The number of nitrogens with zero attached hydrogens (tertiary/aromatic N) is 3. The fourth-order valence-corrected chi connectivity index (χ4v) is 4.32. The predicted molar refractivity (Wildman–Crippen MR) is 129 cm³/mol. The van der Waals surface area contributed by atoms with E-state index in [9.17, 15) is 4.79 Å². The fraction of sp³-hybridized carbons (Fsp3) is 0.0870. The molecule has 0 spiro atoms. The number of anilines is 1. The maximum Gasteiger partial charge on any atom is 0.234 e. The minimum atomic E-state index is -0.0982. The highest BCUT2D eigenvalue weighted by atomic mass is 35.5. The topological polar surface area (TPSA) is 59.8 Å².